The van der Waals surface area contributed by atoms with Crippen molar-refractivity contribution in [3.05, 3.63) is 34.3 Å². The number of benzene rings is 1. The Balaban J connectivity index is 2.66. The molecular formula is C13H18BrNO4S. The fraction of sp³-hybridized carbons (Fsp3) is 0.462. The molecule has 0 aliphatic heterocycles. The van der Waals surface area contributed by atoms with Gasteiger partial charge in [-0.05, 0) is 24.5 Å². The van der Waals surface area contributed by atoms with Gasteiger partial charge < -0.3 is 5.11 Å². The summed E-state index contributed by atoms with van der Waals surface area (Å²) in [6.45, 7) is 1.81. The summed E-state index contributed by atoms with van der Waals surface area (Å²) >= 11 is 3.35. The monoisotopic (exact) mass is 363 g/mol. The van der Waals surface area contributed by atoms with Crippen molar-refractivity contribution in [2.75, 3.05) is 5.75 Å². The minimum atomic E-state index is -3.61. The molecule has 0 radical (unpaired) electrons. The smallest absolute Gasteiger partial charge is 0.321 e. The number of carbonyl (C=O) groups is 1. The second-order valence-electron chi connectivity index (χ2n) is 4.46. The molecule has 0 heterocycles. The van der Waals surface area contributed by atoms with E-state index in [1.165, 1.54) is 0 Å². The number of sulfonamides is 1. The minimum absolute atomic E-state index is 0.136. The van der Waals surface area contributed by atoms with Crippen LogP contribution in [0.2, 0.25) is 0 Å². The van der Waals surface area contributed by atoms with E-state index < -0.39 is 22.0 Å². The Kier molecular flexibility index (Phi) is 6.64. The van der Waals surface area contributed by atoms with Crippen molar-refractivity contribution in [2.45, 2.75) is 32.2 Å². The largest absolute Gasteiger partial charge is 0.480 e. The van der Waals surface area contributed by atoms with Crippen LogP contribution in [-0.2, 0) is 21.2 Å². The Morgan fingerprint density at radius 3 is 2.60 bits per heavy atom. The molecule has 0 saturated carbocycles. The Labute approximate surface area is 127 Å². The average molecular weight is 364 g/mol. The maximum absolute atomic E-state index is 11.9. The summed E-state index contributed by atoms with van der Waals surface area (Å²) in [6, 6.07) is 6.30. The van der Waals surface area contributed by atoms with Gasteiger partial charge in [-0.15, -0.1) is 0 Å². The van der Waals surface area contributed by atoms with Gasteiger partial charge in [0.05, 0.1) is 5.75 Å². The third-order valence-electron chi connectivity index (χ3n) is 2.80. The molecule has 0 aliphatic carbocycles. The molecule has 0 fully saturated rings. The van der Waals surface area contributed by atoms with Crippen LogP contribution in [0.1, 0.15) is 25.3 Å². The lowest BCUT2D eigenvalue weighted by molar-refractivity contribution is -0.139. The van der Waals surface area contributed by atoms with Gasteiger partial charge in [-0.25, -0.2) is 13.1 Å². The molecule has 0 bridgehead atoms. The summed E-state index contributed by atoms with van der Waals surface area (Å²) in [5.74, 6) is -1.28. The molecule has 1 unspecified atom stereocenters. The summed E-state index contributed by atoms with van der Waals surface area (Å²) in [4.78, 5) is 11.0. The van der Waals surface area contributed by atoms with E-state index >= 15 is 0 Å². The molecule has 0 amide bonds. The maximum atomic E-state index is 11.9. The summed E-state index contributed by atoms with van der Waals surface area (Å²) in [5, 5.41) is 8.96. The van der Waals surface area contributed by atoms with E-state index in [0.29, 0.717) is 12.8 Å². The first-order chi connectivity index (χ1) is 9.35. The quantitative estimate of drug-likeness (QED) is 0.741. The highest BCUT2D eigenvalue weighted by Crippen LogP contribution is 2.16. The van der Waals surface area contributed by atoms with Crippen LogP contribution >= 0.6 is 15.9 Å². The molecule has 20 heavy (non-hydrogen) atoms. The second kappa shape index (κ2) is 7.75. The van der Waals surface area contributed by atoms with E-state index in [4.69, 9.17) is 5.11 Å². The number of rotatable bonds is 8. The van der Waals surface area contributed by atoms with Crippen molar-refractivity contribution >= 4 is 31.9 Å². The van der Waals surface area contributed by atoms with Crippen LogP contribution in [0.15, 0.2) is 28.7 Å². The van der Waals surface area contributed by atoms with Crippen molar-refractivity contribution in [3.8, 4) is 0 Å². The first-order valence-electron chi connectivity index (χ1n) is 6.32. The SMILES string of the molecule is CCCC(NS(=O)(=O)CCc1ccccc1Br)C(=O)O. The number of nitrogens with one attached hydrogen (secondary N) is 1. The highest BCUT2D eigenvalue weighted by atomic mass is 79.9. The standard InChI is InChI=1S/C13H18BrNO4S/c1-2-5-12(13(16)17)15-20(18,19)9-8-10-6-3-4-7-11(10)14/h3-4,6-7,12,15H,2,5,8-9H2,1H3,(H,16,17). The minimum Gasteiger partial charge on any atom is -0.480 e. The van der Waals surface area contributed by atoms with E-state index in [0.717, 1.165) is 10.0 Å². The third kappa shape index (κ3) is 5.60. The summed E-state index contributed by atoms with van der Waals surface area (Å²) in [6.07, 6.45) is 1.21. The van der Waals surface area contributed by atoms with Gasteiger partial charge in [0, 0.05) is 4.47 Å². The zero-order chi connectivity index (χ0) is 15.2. The van der Waals surface area contributed by atoms with Crippen molar-refractivity contribution in [1.82, 2.24) is 4.72 Å². The van der Waals surface area contributed by atoms with Gasteiger partial charge in [-0.2, -0.15) is 0 Å². The molecule has 112 valence electrons. The lowest BCUT2D eigenvalue weighted by Crippen LogP contribution is -2.42. The highest BCUT2D eigenvalue weighted by molar-refractivity contribution is 9.10. The molecule has 1 rings (SSSR count). The van der Waals surface area contributed by atoms with Gasteiger partial charge in [0.2, 0.25) is 10.0 Å². The number of hydrogen-bond donors (Lipinski definition) is 2. The summed E-state index contributed by atoms with van der Waals surface area (Å²) in [5.41, 5.74) is 0.875. The molecule has 0 aliphatic rings. The molecule has 1 aromatic rings. The van der Waals surface area contributed by atoms with E-state index in [2.05, 4.69) is 20.7 Å². The van der Waals surface area contributed by atoms with Gasteiger partial charge in [-0.1, -0.05) is 47.5 Å². The number of aryl methyl sites for hydroxylation is 1. The number of carboxylic acid groups (broad SMARTS) is 1. The van der Waals surface area contributed by atoms with Crippen LogP contribution in [0.4, 0.5) is 0 Å². The Morgan fingerprint density at radius 1 is 1.40 bits per heavy atom. The fourth-order valence-corrected chi connectivity index (χ4v) is 3.48. The molecule has 0 spiro atoms. The molecule has 1 atom stereocenters. The lowest BCUT2D eigenvalue weighted by Gasteiger charge is -2.14. The fourth-order valence-electron chi connectivity index (χ4n) is 1.74. The van der Waals surface area contributed by atoms with Crippen molar-refractivity contribution in [1.29, 1.82) is 0 Å². The molecule has 0 aromatic heterocycles. The van der Waals surface area contributed by atoms with Crippen LogP contribution in [0.5, 0.6) is 0 Å². The number of aliphatic carboxylic acids is 1. The first-order valence-corrected chi connectivity index (χ1v) is 8.76. The van der Waals surface area contributed by atoms with Gasteiger partial charge in [0.25, 0.3) is 0 Å². The molecular weight excluding hydrogens is 346 g/mol. The van der Waals surface area contributed by atoms with Crippen LogP contribution in [-0.4, -0.2) is 31.3 Å². The van der Waals surface area contributed by atoms with E-state index in [9.17, 15) is 13.2 Å². The third-order valence-corrected chi connectivity index (χ3v) is 4.95. The molecule has 2 N–H and O–H groups in total. The molecule has 7 heteroatoms. The predicted molar refractivity (Wildman–Crippen MR) is 81.1 cm³/mol. The zero-order valence-corrected chi connectivity index (χ0v) is 13.6. The molecule has 0 saturated heterocycles. The number of halogens is 1. The van der Waals surface area contributed by atoms with Gasteiger partial charge in [-0.3, -0.25) is 4.79 Å². The van der Waals surface area contributed by atoms with Crippen LogP contribution in [0, 0.1) is 0 Å². The van der Waals surface area contributed by atoms with E-state index in [1.807, 2.05) is 31.2 Å². The molecule has 1 aromatic carbocycles. The first kappa shape index (κ1) is 17.1. The van der Waals surface area contributed by atoms with Gasteiger partial charge in [0.1, 0.15) is 6.04 Å². The van der Waals surface area contributed by atoms with Crippen molar-refractivity contribution in [2.24, 2.45) is 0 Å². The second-order valence-corrected chi connectivity index (χ2v) is 7.19. The van der Waals surface area contributed by atoms with Gasteiger partial charge >= 0.3 is 5.97 Å². The lowest BCUT2D eigenvalue weighted by atomic mass is 10.2. The van der Waals surface area contributed by atoms with Crippen LogP contribution < -0.4 is 4.72 Å². The summed E-state index contributed by atoms with van der Waals surface area (Å²) in [7, 11) is -3.61. The Hall–Kier alpha value is -0.920. The number of carboxylic acids is 1. The van der Waals surface area contributed by atoms with Gasteiger partial charge in [0.15, 0.2) is 0 Å². The maximum Gasteiger partial charge on any atom is 0.321 e. The van der Waals surface area contributed by atoms with E-state index in [-0.39, 0.29) is 12.2 Å². The van der Waals surface area contributed by atoms with Crippen molar-refractivity contribution < 1.29 is 18.3 Å². The Morgan fingerprint density at radius 2 is 2.05 bits per heavy atom. The van der Waals surface area contributed by atoms with Crippen molar-refractivity contribution in [3.63, 3.8) is 0 Å². The number of hydrogen-bond acceptors (Lipinski definition) is 3. The average Bonchev–Trinajstić information content (AvgIpc) is 2.37. The normalized spacial score (nSPS) is 13.1. The Bertz CT molecular complexity index is 559. The highest BCUT2D eigenvalue weighted by Gasteiger charge is 2.23. The zero-order valence-electron chi connectivity index (χ0n) is 11.2. The van der Waals surface area contributed by atoms with Crippen LogP contribution in [0.25, 0.3) is 0 Å². The topological polar surface area (TPSA) is 83.5 Å². The van der Waals surface area contributed by atoms with E-state index in [1.54, 1.807) is 0 Å². The van der Waals surface area contributed by atoms with Crippen LogP contribution in [0.3, 0.4) is 0 Å². The predicted octanol–water partition coefficient (Wildman–Crippen LogP) is 2.16. The summed E-state index contributed by atoms with van der Waals surface area (Å²) < 4.78 is 26.9. The molecule has 5 nitrogen and oxygen atoms in total.